The Kier molecular flexibility index (Phi) is 5.95. The molecule has 2 N–H and O–H groups in total. The Bertz CT molecular complexity index is 1060. The van der Waals surface area contributed by atoms with E-state index in [9.17, 15) is 4.79 Å². The van der Waals surface area contributed by atoms with E-state index in [1.165, 1.54) is 11.1 Å². The number of benzene rings is 1. The summed E-state index contributed by atoms with van der Waals surface area (Å²) < 4.78 is 6.11. The van der Waals surface area contributed by atoms with Crippen LogP contribution in [0.2, 0.25) is 0 Å². The number of nitrogens with one attached hydrogen (secondary N) is 2. The highest BCUT2D eigenvalue weighted by Gasteiger charge is 2.27. The van der Waals surface area contributed by atoms with E-state index in [1.54, 1.807) is 13.1 Å². The molecule has 0 radical (unpaired) electrons. The minimum Gasteiger partial charge on any atom is -0.373 e. The summed E-state index contributed by atoms with van der Waals surface area (Å²) in [6, 6.07) is 12.5. The molecule has 1 aliphatic heterocycles. The number of anilines is 1. The van der Waals surface area contributed by atoms with Crippen molar-refractivity contribution in [3.05, 3.63) is 75.3 Å². The van der Waals surface area contributed by atoms with E-state index < -0.39 is 0 Å². The van der Waals surface area contributed by atoms with Crippen molar-refractivity contribution in [2.75, 3.05) is 18.5 Å². The van der Waals surface area contributed by atoms with Crippen molar-refractivity contribution >= 4 is 5.82 Å². The van der Waals surface area contributed by atoms with Crippen LogP contribution in [0.25, 0.3) is 11.4 Å². The quantitative estimate of drug-likeness (QED) is 0.661. The fraction of sp³-hybridized carbons (Fsp3) is 0.375. The molecule has 2 atom stereocenters. The van der Waals surface area contributed by atoms with Gasteiger partial charge in [-0.2, -0.15) is 0 Å². The Morgan fingerprint density at radius 3 is 2.63 bits per heavy atom. The highest BCUT2D eigenvalue weighted by Crippen LogP contribution is 2.34. The first-order valence-electron chi connectivity index (χ1n) is 10.5. The number of aromatic amines is 1. The number of hydrogen-bond acceptors (Lipinski definition) is 5. The molecule has 0 aliphatic carbocycles. The van der Waals surface area contributed by atoms with Gasteiger partial charge in [-0.3, -0.25) is 4.79 Å². The van der Waals surface area contributed by atoms with Gasteiger partial charge < -0.3 is 15.0 Å². The van der Waals surface area contributed by atoms with Gasteiger partial charge in [-0.1, -0.05) is 29.8 Å². The highest BCUT2D eigenvalue weighted by molar-refractivity contribution is 5.56. The Morgan fingerprint density at radius 2 is 1.93 bits per heavy atom. The number of ether oxygens (including phenoxy) is 1. The van der Waals surface area contributed by atoms with Crippen LogP contribution in [0.3, 0.4) is 0 Å². The lowest BCUT2D eigenvalue weighted by molar-refractivity contribution is -0.0238. The Morgan fingerprint density at radius 1 is 1.13 bits per heavy atom. The number of pyridine rings is 1. The highest BCUT2D eigenvalue weighted by atomic mass is 16.5. The third-order valence-corrected chi connectivity index (χ3v) is 5.83. The molecular formula is C24H28N4O2. The van der Waals surface area contributed by atoms with Crippen LogP contribution in [-0.2, 0) is 4.74 Å². The summed E-state index contributed by atoms with van der Waals surface area (Å²) in [5, 5.41) is 3.45. The standard InChI is InChI=1S/C24H28N4O2/c1-15-6-8-18(9-7-15)22-19(5-4-12-30-22)13-25-21-11-10-20(14-26-21)23-27-17(3)16(2)24(29)28-23/h6-11,14,19,22H,4-5,12-13H2,1-3H3,(H,25,26)(H,27,28,29). The van der Waals surface area contributed by atoms with Crippen molar-refractivity contribution in [1.29, 1.82) is 0 Å². The number of aryl methyl sites for hydroxylation is 2. The maximum Gasteiger partial charge on any atom is 0.254 e. The molecule has 3 heterocycles. The van der Waals surface area contributed by atoms with E-state index >= 15 is 0 Å². The van der Waals surface area contributed by atoms with Gasteiger partial charge in [-0.05, 0) is 51.3 Å². The van der Waals surface area contributed by atoms with E-state index in [4.69, 9.17) is 4.74 Å². The fourth-order valence-corrected chi connectivity index (χ4v) is 3.83. The molecule has 1 saturated heterocycles. The zero-order valence-electron chi connectivity index (χ0n) is 17.7. The number of aromatic nitrogens is 3. The summed E-state index contributed by atoms with van der Waals surface area (Å²) in [6.45, 7) is 7.32. The van der Waals surface area contributed by atoms with Gasteiger partial charge in [0.15, 0.2) is 0 Å². The molecule has 0 saturated carbocycles. The minimum absolute atomic E-state index is 0.107. The zero-order valence-corrected chi connectivity index (χ0v) is 17.7. The third kappa shape index (κ3) is 4.44. The summed E-state index contributed by atoms with van der Waals surface area (Å²) in [6.07, 6.45) is 4.05. The van der Waals surface area contributed by atoms with Gasteiger partial charge in [-0.25, -0.2) is 9.97 Å². The molecule has 1 fully saturated rings. The van der Waals surface area contributed by atoms with Crippen LogP contribution in [-0.4, -0.2) is 28.1 Å². The largest absolute Gasteiger partial charge is 0.373 e. The lowest BCUT2D eigenvalue weighted by atomic mass is 9.89. The van der Waals surface area contributed by atoms with Crippen LogP contribution in [0, 0.1) is 26.7 Å². The first-order chi connectivity index (χ1) is 14.5. The molecule has 1 aromatic carbocycles. The zero-order chi connectivity index (χ0) is 21.1. The molecule has 6 nitrogen and oxygen atoms in total. The van der Waals surface area contributed by atoms with Crippen LogP contribution in [0.4, 0.5) is 5.82 Å². The SMILES string of the molecule is Cc1ccc(C2OCCCC2CNc2ccc(-c3nc(C)c(C)c(=O)[nH]3)cn2)cc1. The molecular weight excluding hydrogens is 376 g/mol. The van der Waals surface area contributed by atoms with Crippen LogP contribution in [0.1, 0.15) is 41.3 Å². The molecule has 0 amide bonds. The average Bonchev–Trinajstić information content (AvgIpc) is 2.77. The summed E-state index contributed by atoms with van der Waals surface area (Å²) >= 11 is 0. The Balaban J connectivity index is 1.44. The van der Waals surface area contributed by atoms with E-state index in [1.807, 2.05) is 19.1 Å². The normalized spacial score (nSPS) is 18.9. The smallest absolute Gasteiger partial charge is 0.254 e. The van der Waals surface area contributed by atoms with E-state index in [0.29, 0.717) is 17.3 Å². The summed E-state index contributed by atoms with van der Waals surface area (Å²) in [7, 11) is 0. The first-order valence-corrected chi connectivity index (χ1v) is 10.5. The molecule has 1 aliphatic rings. The van der Waals surface area contributed by atoms with Gasteiger partial charge in [0.1, 0.15) is 11.6 Å². The summed E-state index contributed by atoms with van der Waals surface area (Å²) in [4.78, 5) is 23.8. The van der Waals surface area contributed by atoms with Gasteiger partial charge in [-0.15, -0.1) is 0 Å². The van der Waals surface area contributed by atoms with Gasteiger partial charge in [0.2, 0.25) is 0 Å². The number of rotatable bonds is 5. The first kappa shape index (κ1) is 20.3. The van der Waals surface area contributed by atoms with Gasteiger partial charge in [0, 0.05) is 42.1 Å². The second kappa shape index (κ2) is 8.79. The average molecular weight is 405 g/mol. The number of hydrogen-bond donors (Lipinski definition) is 2. The second-order valence-electron chi connectivity index (χ2n) is 8.04. The topological polar surface area (TPSA) is 79.9 Å². The van der Waals surface area contributed by atoms with Crippen LogP contribution >= 0.6 is 0 Å². The molecule has 3 aromatic rings. The van der Waals surface area contributed by atoms with Crippen molar-refractivity contribution in [3.63, 3.8) is 0 Å². The van der Waals surface area contributed by atoms with Gasteiger partial charge >= 0.3 is 0 Å². The maximum atomic E-state index is 12.0. The Hall–Kier alpha value is -2.99. The Labute approximate surface area is 176 Å². The molecule has 156 valence electrons. The van der Waals surface area contributed by atoms with Crippen LogP contribution < -0.4 is 10.9 Å². The van der Waals surface area contributed by atoms with E-state index in [-0.39, 0.29) is 11.7 Å². The lowest BCUT2D eigenvalue weighted by Crippen LogP contribution is -2.28. The van der Waals surface area contributed by atoms with Crippen molar-refractivity contribution in [2.45, 2.75) is 39.7 Å². The van der Waals surface area contributed by atoms with Crippen molar-refractivity contribution in [1.82, 2.24) is 15.0 Å². The molecule has 30 heavy (non-hydrogen) atoms. The fourth-order valence-electron chi connectivity index (χ4n) is 3.83. The number of H-pyrrole nitrogens is 1. The summed E-state index contributed by atoms with van der Waals surface area (Å²) in [5.41, 5.74) is 4.55. The molecule has 4 rings (SSSR count). The lowest BCUT2D eigenvalue weighted by Gasteiger charge is -2.32. The maximum absolute atomic E-state index is 12.0. The third-order valence-electron chi connectivity index (χ3n) is 5.83. The van der Waals surface area contributed by atoms with Crippen molar-refractivity contribution < 1.29 is 4.74 Å². The van der Waals surface area contributed by atoms with Crippen LogP contribution in [0.5, 0.6) is 0 Å². The molecule has 2 aromatic heterocycles. The van der Waals surface area contributed by atoms with Crippen molar-refractivity contribution in [2.24, 2.45) is 5.92 Å². The predicted octanol–water partition coefficient (Wildman–Crippen LogP) is 4.34. The number of nitrogens with zero attached hydrogens (tertiary/aromatic N) is 2. The second-order valence-corrected chi connectivity index (χ2v) is 8.04. The predicted molar refractivity (Wildman–Crippen MR) is 119 cm³/mol. The van der Waals surface area contributed by atoms with Gasteiger partial charge in [0.25, 0.3) is 5.56 Å². The summed E-state index contributed by atoms with van der Waals surface area (Å²) in [5.74, 6) is 1.74. The van der Waals surface area contributed by atoms with Crippen LogP contribution in [0.15, 0.2) is 47.4 Å². The van der Waals surface area contributed by atoms with E-state index in [2.05, 4.69) is 51.5 Å². The monoisotopic (exact) mass is 404 g/mol. The van der Waals surface area contributed by atoms with Crippen molar-refractivity contribution in [3.8, 4) is 11.4 Å². The molecule has 0 bridgehead atoms. The van der Waals surface area contributed by atoms with E-state index in [0.717, 1.165) is 43.1 Å². The molecule has 0 spiro atoms. The molecule has 6 heteroatoms. The minimum atomic E-state index is -0.112. The molecule has 2 unspecified atom stereocenters. The van der Waals surface area contributed by atoms with Gasteiger partial charge in [0.05, 0.1) is 6.10 Å².